The molecule has 6 nitrogen and oxygen atoms in total. The summed E-state index contributed by atoms with van der Waals surface area (Å²) in [4.78, 5) is 23.5. The van der Waals surface area contributed by atoms with Crippen LogP contribution in [0.1, 0.15) is 17.9 Å². The fourth-order valence-electron chi connectivity index (χ4n) is 0.640. The SMILES string of the molecule is C.NC(=O)c1ccc([N+](=O)[O-])cn1. The molecule has 0 bridgehead atoms. The van der Waals surface area contributed by atoms with Crippen LogP contribution in [0.25, 0.3) is 0 Å². The van der Waals surface area contributed by atoms with Crippen molar-refractivity contribution < 1.29 is 9.72 Å². The Morgan fingerprint density at radius 3 is 2.46 bits per heavy atom. The van der Waals surface area contributed by atoms with Crippen LogP contribution in [-0.4, -0.2) is 15.8 Å². The first-order valence-corrected chi connectivity index (χ1v) is 3.01. The first-order chi connectivity index (χ1) is 5.61. The molecule has 0 aliphatic heterocycles. The van der Waals surface area contributed by atoms with E-state index in [1.165, 1.54) is 12.1 Å². The topological polar surface area (TPSA) is 99.1 Å². The van der Waals surface area contributed by atoms with Gasteiger partial charge in [-0.1, -0.05) is 7.43 Å². The molecule has 1 heterocycles. The third kappa shape index (κ3) is 2.51. The molecule has 1 rings (SSSR count). The number of carbonyl (C=O) groups excluding carboxylic acids is 1. The zero-order valence-corrected chi connectivity index (χ0v) is 5.93. The second-order valence-corrected chi connectivity index (χ2v) is 2.02. The molecule has 1 aromatic rings. The first-order valence-electron chi connectivity index (χ1n) is 3.01. The van der Waals surface area contributed by atoms with Crippen molar-refractivity contribution in [3.05, 3.63) is 34.1 Å². The fraction of sp³-hybridized carbons (Fsp3) is 0.143. The average Bonchev–Trinajstić information content (AvgIpc) is 2.04. The second kappa shape index (κ2) is 4.15. The smallest absolute Gasteiger partial charge is 0.287 e. The molecule has 0 aromatic carbocycles. The Labute approximate surface area is 74.5 Å². The molecule has 0 atom stereocenters. The van der Waals surface area contributed by atoms with Gasteiger partial charge in [0.15, 0.2) is 0 Å². The minimum Gasteiger partial charge on any atom is -0.364 e. The van der Waals surface area contributed by atoms with Gasteiger partial charge in [0.1, 0.15) is 11.9 Å². The molecule has 70 valence electrons. The van der Waals surface area contributed by atoms with E-state index in [2.05, 4.69) is 4.98 Å². The quantitative estimate of drug-likeness (QED) is 0.539. The molecule has 13 heavy (non-hydrogen) atoms. The van der Waals surface area contributed by atoms with Gasteiger partial charge in [0.2, 0.25) is 0 Å². The van der Waals surface area contributed by atoms with E-state index < -0.39 is 10.8 Å². The van der Waals surface area contributed by atoms with Crippen molar-refractivity contribution in [2.24, 2.45) is 5.73 Å². The van der Waals surface area contributed by atoms with Gasteiger partial charge in [0.05, 0.1) is 4.92 Å². The lowest BCUT2D eigenvalue weighted by molar-refractivity contribution is -0.385. The molecule has 0 aliphatic carbocycles. The number of hydrogen-bond donors (Lipinski definition) is 1. The van der Waals surface area contributed by atoms with E-state index >= 15 is 0 Å². The number of nitrogens with two attached hydrogens (primary N) is 1. The van der Waals surface area contributed by atoms with Gasteiger partial charge in [-0.2, -0.15) is 0 Å². The summed E-state index contributed by atoms with van der Waals surface area (Å²) in [6.07, 6.45) is 0.986. The molecule has 6 heteroatoms. The van der Waals surface area contributed by atoms with Crippen LogP contribution in [0.2, 0.25) is 0 Å². The lowest BCUT2D eigenvalue weighted by Crippen LogP contribution is -2.12. The Balaban J connectivity index is 0.00000144. The van der Waals surface area contributed by atoms with Gasteiger partial charge in [-0.25, -0.2) is 4.98 Å². The van der Waals surface area contributed by atoms with Crippen molar-refractivity contribution in [1.29, 1.82) is 0 Å². The summed E-state index contributed by atoms with van der Waals surface area (Å²) in [6, 6.07) is 2.38. The van der Waals surface area contributed by atoms with Gasteiger partial charge in [-0.3, -0.25) is 14.9 Å². The van der Waals surface area contributed by atoms with Crippen LogP contribution < -0.4 is 5.73 Å². The van der Waals surface area contributed by atoms with Crippen LogP contribution in [0, 0.1) is 10.1 Å². The minimum atomic E-state index is -0.704. The Morgan fingerprint density at radius 2 is 2.15 bits per heavy atom. The molecule has 0 unspecified atom stereocenters. The molecular formula is C7H9N3O3. The van der Waals surface area contributed by atoms with Crippen LogP contribution in [0.5, 0.6) is 0 Å². The van der Waals surface area contributed by atoms with Crippen molar-refractivity contribution >= 4 is 11.6 Å². The maximum Gasteiger partial charge on any atom is 0.287 e. The molecule has 0 aliphatic rings. The maximum atomic E-state index is 10.5. The van der Waals surface area contributed by atoms with E-state index in [9.17, 15) is 14.9 Å². The summed E-state index contributed by atoms with van der Waals surface area (Å²) in [5.41, 5.74) is 4.72. The fourth-order valence-corrected chi connectivity index (χ4v) is 0.640. The third-order valence-corrected chi connectivity index (χ3v) is 1.21. The molecular weight excluding hydrogens is 174 g/mol. The molecule has 1 aromatic heterocycles. The predicted molar refractivity (Wildman–Crippen MR) is 46.1 cm³/mol. The highest BCUT2D eigenvalue weighted by Gasteiger charge is 2.07. The van der Waals surface area contributed by atoms with E-state index in [0.717, 1.165) is 6.20 Å². The number of aromatic nitrogens is 1. The van der Waals surface area contributed by atoms with Crippen LogP contribution in [0.15, 0.2) is 18.3 Å². The normalized spacial score (nSPS) is 8.62. The van der Waals surface area contributed by atoms with E-state index in [4.69, 9.17) is 5.73 Å². The Kier molecular flexibility index (Phi) is 3.52. The van der Waals surface area contributed by atoms with Crippen LogP contribution in [0.3, 0.4) is 0 Å². The number of hydrogen-bond acceptors (Lipinski definition) is 4. The summed E-state index contributed by atoms with van der Waals surface area (Å²) >= 11 is 0. The monoisotopic (exact) mass is 183 g/mol. The van der Waals surface area contributed by atoms with Crippen LogP contribution >= 0.6 is 0 Å². The van der Waals surface area contributed by atoms with Gasteiger partial charge in [-0.05, 0) is 6.07 Å². The number of nitrogens with zero attached hydrogens (tertiary/aromatic N) is 2. The van der Waals surface area contributed by atoms with E-state index in [1.54, 1.807) is 0 Å². The van der Waals surface area contributed by atoms with Gasteiger partial charge in [0.25, 0.3) is 11.6 Å². The third-order valence-electron chi connectivity index (χ3n) is 1.21. The van der Waals surface area contributed by atoms with Crippen molar-refractivity contribution in [2.45, 2.75) is 7.43 Å². The summed E-state index contributed by atoms with van der Waals surface area (Å²) in [6.45, 7) is 0. The van der Waals surface area contributed by atoms with E-state index in [1.807, 2.05) is 0 Å². The second-order valence-electron chi connectivity index (χ2n) is 2.02. The number of pyridine rings is 1. The van der Waals surface area contributed by atoms with Crippen molar-refractivity contribution in [2.75, 3.05) is 0 Å². The zero-order valence-electron chi connectivity index (χ0n) is 5.93. The Bertz CT molecular complexity index is 287. The molecule has 0 radical (unpaired) electrons. The highest BCUT2D eigenvalue weighted by molar-refractivity contribution is 5.90. The summed E-state index contributed by atoms with van der Waals surface area (Å²) in [5.74, 6) is -0.704. The molecule has 0 saturated carbocycles. The first kappa shape index (κ1) is 11.0. The van der Waals surface area contributed by atoms with Crippen LogP contribution in [0.4, 0.5) is 5.69 Å². The summed E-state index contributed by atoms with van der Waals surface area (Å²) in [7, 11) is 0. The number of carbonyl (C=O) groups is 1. The standard InChI is InChI=1S/C6H5N3O3.CH4/c7-6(10)5-2-1-4(3-8-5)9(11)12;/h1-3H,(H2,7,10);1H4. The van der Waals surface area contributed by atoms with Gasteiger partial charge in [0, 0.05) is 6.07 Å². The molecule has 2 N–H and O–H groups in total. The Morgan fingerprint density at radius 1 is 1.54 bits per heavy atom. The lowest BCUT2D eigenvalue weighted by Gasteiger charge is -1.92. The van der Waals surface area contributed by atoms with Gasteiger partial charge in [-0.15, -0.1) is 0 Å². The summed E-state index contributed by atoms with van der Waals surface area (Å²) < 4.78 is 0. The molecule has 1 amide bonds. The minimum absolute atomic E-state index is 0. The average molecular weight is 183 g/mol. The number of primary amides is 1. The largest absolute Gasteiger partial charge is 0.364 e. The van der Waals surface area contributed by atoms with Gasteiger partial charge < -0.3 is 5.73 Å². The predicted octanol–water partition coefficient (Wildman–Crippen LogP) is 0.725. The lowest BCUT2D eigenvalue weighted by atomic mass is 10.3. The molecule has 0 spiro atoms. The van der Waals surface area contributed by atoms with E-state index in [-0.39, 0.29) is 18.8 Å². The highest BCUT2D eigenvalue weighted by Crippen LogP contribution is 2.07. The van der Waals surface area contributed by atoms with Crippen LogP contribution in [-0.2, 0) is 0 Å². The van der Waals surface area contributed by atoms with Gasteiger partial charge >= 0.3 is 0 Å². The summed E-state index contributed by atoms with van der Waals surface area (Å²) in [5, 5.41) is 10.1. The highest BCUT2D eigenvalue weighted by atomic mass is 16.6. The van der Waals surface area contributed by atoms with Crippen molar-refractivity contribution in [1.82, 2.24) is 4.98 Å². The number of nitro groups is 1. The number of rotatable bonds is 2. The zero-order chi connectivity index (χ0) is 9.14. The molecule has 0 saturated heterocycles. The number of amides is 1. The van der Waals surface area contributed by atoms with E-state index in [0.29, 0.717) is 0 Å². The van der Waals surface area contributed by atoms with Crippen molar-refractivity contribution in [3.8, 4) is 0 Å². The maximum absolute atomic E-state index is 10.5. The molecule has 0 fully saturated rings. The Hall–Kier alpha value is -1.98. The van der Waals surface area contributed by atoms with Crippen molar-refractivity contribution in [3.63, 3.8) is 0 Å².